The topological polar surface area (TPSA) is 80.9 Å². The second kappa shape index (κ2) is 26.4. The third-order valence-electron chi connectivity index (χ3n) is 7.46. The standard InChI is InChI=1S/C29H60O4/c30-25-17-9-1-5-13-21-29(22-14-6-2-10-18-26-31,23-15-7-3-11-19-27-32)24-16-8-4-12-20-28-33/h30-33H,1-28H2. The summed E-state index contributed by atoms with van der Waals surface area (Å²) in [5.41, 5.74) is 0.488. The van der Waals surface area contributed by atoms with E-state index in [1.54, 1.807) is 0 Å². The van der Waals surface area contributed by atoms with Crippen molar-refractivity contribution in [3.8, 4) is 0 Å². The lowest BCUT2D eigenvalue weighted by molar-refractivity contribution is 0.170. The molecule has 4 nitrogen and oxygen atoms in total. The Morgan fingerprint density at radius 1 is 0.242 bits per heavy atom. The minimum absolute atomic E-state index is 0.326. The fourth-order valence-corrected chi connectivity index (χ4v) is 5.32. The Bertz CT molecular complexity index is 292. The predicted molar refractivity (Wildman–Crippen MR) is 142 cm³/mol. The van der Waals surface area contributed by atoms with Crippen LogP contribution in [0.5, 0.6) is 0 Å². The predicted octanol–water partition coefficient (Wildman–Crippen LogP) is 7.30. The SMILES string of the molecule is OCCCCCCCC(CCCCCCCO)(CCCCCCCO)CCCCCCCO. The maximum atomic E-state index is 9.03. The third-order valence-corrected chi connectivity index (χ3v) is 7.46. The fourth-order valence-electron chi connectivity index (χ4n) is 5.32. The minimum atomic E-state index is 0.326. The van der Waals surface area contributed by atoms with Gasteiger partial charge in [0.2, 0.25) is 0 Å². The van der Waals surface area contributed by atoms with Crippen LogP contribution in [0.3, 0.4) is 0 Å². The molecule has 0 saturated heterocycles. The molecule has 0 atom stereocenters. The fraction of sp³-hybridized carbons (Fsp3) is 1.00. The minimum Gasteiger partial charge on any atom is -0.396 e. The van der Waals surface area contributed by atoms with Crippen molar-refractivity contribution in [3.63, 3.8) is 0 Å². The van der Waals surface area contributed by atoms with Crippen LogP contribution in [0, 0.1) is 5.41 Å². The first kappa shape index (κ1) is 32.8. The number of rotatable bonds is 28. The van der Waals surface area contributed by atoms with Gasteiger partial charge < -0.3 is 20.4 Å². The zero-order valence-corrected chi connectivity index (χ0v) is 22.1. The van der Waals surface area contributed by atoms with Gasteiger partial charge in [0.25, 0.3) is 0 Å². The molecule has 0 amide bonds. The van der Waals surface area contributed by atoms with Gasteiger partial charge in [0.1, 0.15) is 0 Å². The van der Waals surface area contributed by atoms with E-state index in [1.165, 1.54) is 103 Å². The Hall–Kier alpha value is -0.160. The first-order valence-corrected chi connectivity index (χ1v) is 14.7. The molecule has 0 unspecified atom stereocenters. The Kier molecular flexibility index (Phi) is 26.3. The molecule has 0 aromatic carbocycles. The molecule has 0 rings (SSSR count). The number of hydrogen-bond donors (Lipinski definition) is 4. The lowest BCUT2D eigenvalue weighted by Gasteiger charge is -2.35. The average Bonchev–Trinajstić information content (AvgIpc) is 2.83. The highest BCUT2D eigenvalue weighted by Gasteiger charge is 2.28. The van der Waals surface area contributed by atoms with E-state index < -0.39 is 0 Å². The monoisotopic (exact) mass is 472 g/mol. The van der Waals surface area contributed by atoms with Crippen molar-refractivity contribution in [2.75, 3.05) is 26.4 Å². The van der Waals surface area contributed by atoms with Crippen LogP contribution in [0.1, 0.15) is 154 Å². The molecule has 33 heavy (non-hydrogen) atoms. The van der Waals surface area contributed by atoms with E-state index in [0.717, 1.165) is 51.4 Å². The molecule has 0 radical (unpaired) electrons. The van der Waals surface area contributed by atoms with E-state index in [9.17, 15) is 0 Å². The summed E-state index contributed by atoms with van der Waals surface area (Å²) in [6, 6.07) is 0. The van der Waals surface area contributed by atoms with E-state index in [0.29, 0.717) is 31.8 Å². The highest BCUT2D eigenvalue weighted by atomic mass is 16.3. The van der Waals surface area contributed by atoms with Gasteiger partial charge in [0.05, 0.1) is 0 Å². The largest absolute Gasteiger partial charge is 0.396 e. The Morgan fingerprint density at radius 2 is 0.424 bits per heavy atom. The van der Waals surface area contributed by atoms with Gasteiger partial charge in [-0.15, -0.1) is 0 Å². The number of aliphatic hydroxyl groups is 4. The zero-order chi connectivity index (χ0) is 24.3. The summed E-state index contributed by atoms with van der Waals surface area (Å²) >= 11 is 0. The second-order valence-electron chi connectivity index (χ2n) is 10.5. The first-order valence-electron chi connectivity index (χ1n) is 14.7. The lowest BCUT2D eigenvalue weighted by atomic mass is 9.70. The molecular weight excluding hydrogens is 412 g/mol. The summed E-state index contributed by atoms with van der Waals surface area (Å²) in [7, 11) is 0. The molecule has 0 fully saturated rings. The average molecular weight is 473 g/mol. The number of hydrogen-bond acceptors (Lipinski definition) is 4. The number of aliphatic hydroxyl groups excluding tert-OH is 4. The zero-order valence-electron chi connectivity index (χ0n) is 22.1. The van der Waals surface area contributed by atoms with Crippen molar-refractivity contribution in [3.05, 3.63) is 0 Å². The van der Waals surface area contributed by atoms with Gasteiger partial charge in [-0.25, -0.2) is 0 Å². The summed E-state index contributed by atoms with van der Waals surface area (Å²) in [4.78, 5) is 0. The van der Waals surface area contributed by atoms with Crippen LogP contribution in [0.4, 0.5) is 0 Å². The molecular formula is C29H60O4. The molecule has 0 spiro atoms. The number of unbranched alkanes of at least 4 members (excludes halogenated alkanes) is 16. The summed E-state index contributed by atoms with van der Waals surface area (Å²) in [6.45, 7) is 1.30. The third kappa shape index (κ3) is 22.1. The Balaban J connectivity index is 4.74. The van der Waals surface area contributed by atoms with Crippen LogP contribution in [-0.4, -0.2) is 46.9 Å². The quantitative estimate of drug-likeness (QED) is 0.0900. The molecule has 0 aromatic heterocycles. The maximum absolute atomic E-state index is 9.03. The highest BCUT2D eigenvalue weighted by Crippen LogP contribution is 2.42. The van der Waals surface area contributed by atoms with Crippen molar-refractivity contribution in [1.29, 1.82) is 0 Å². The molecule has 0 aromatic rings. The summed E-state index contributed by atoms with van der Waals surface area (Å²) < 4.78 is 0. The molecule has 0 aliphatic carbocycles. The lowest BCUT2D eigenvalue weighted by Crippen LogP contribution is -2.21. The van der Waals surface area contributed by atoms with Crippen molar-refractivity contribution < 1.29 is 20.4 Å². The smallest absolute Gasteiger partial charge is 0.0431 e. The van der Waals surface area contributed by atoms with Crippen LogP contribution in [0.15, 0.2) is 0 Å². The normalized spacial score (nSPS) is 12.0. The summed E-state index contributed by atoms with van der Waals surface area (Å²) in [5.74, 6) is 0. The Labute approximate surface area is 206 Å². The van der Waals surface area contributed by atoms with Gasteiger partial charge >= 0.3 is 0 Å². The van der Waals surface area contributed by atoms with Crippen LogP contribution < -0.4 is 0 Å². The van der Waals surface area contributed by atoms with Crippen molar-refractivity contribution in [2.45, 2.75) is 154 Å². The molecule has 0 bridgehead atoms. The van der Waals surface area contributed by atoms with Gasteiger partial charge in [0.15, 0.2) is 0 Å². The second-order valence-corrected chi connectivity index (χ2v) is 10.5. The molecule has 0 aliphatic heterocycles. The molecule has 4 heteroatoms. The van der Waals surface area contributed by atoms with Gasteiger partial charge in [0, 0.05) is 26.4 Å². The summed E-state index contributed by atoms with van der Waals surface area (Å²) in [6.07, 6.45) is 29.3. The Morgan fingerprint density at radius 3 is 0.636 bits per heavy atom. The van der Waals surface area contributed by atoms with Gasteiger partial charge in [-0.1, -0.05) is 103 Å². The van der Waals surface area contributed by atoms with Crippen molar-refractivity contribution >= 4 is 0 Å². The van der Waals surface area contributed by atoms with Crippen LogP contribution in [-0.2, 0) is 0 Å². The molecule has 0 saturated carbocycles. The van der Waals surface area contributed by atoms with E-state index in [2.05, 4.69) is 0 Å². The highest BCUT2D eigenvalue weighted by molar-refractivity contribution is 4.80. The van der Waals surface area contributed by atoms with Crippen molar-refractivity contribution in [1.82, 2.24) is 0 Å². The maximum Gasteiger partial charge on any atom is 0.0431 e. The van der Waals surface area contributed by atoms with Gasteiger partial charge in [-0.3, -0.25) is 0 Å². The first-order chi connectivity index (χ1) is 16.2. The summed E-state index contributed by atoms with van der Waals surface area (Å²) in [5, 5.41) is 36.1. The van der Waals surface area contributed by atoms with E-state index in [4.69, 9.17) is 20.4 Å². The van der Waals surface area contributed by atoms with Crippen LogP contribution in [0.2, 0.25) is 0 Å². The van der Waals surface area contributed by atoms with E-state index in [-0.39, 0.29) is 0 Å². The molecule has 0 heterocycles. The molecule has 0 aliphatic rings. The van der Waals surface area contributed by atoms with Crippen molar-refractivity contribution in [2.24, 2.45) is 5.41 Å². The van der Waals surface area contributed by atoms with E-state index in [1.807, 2.05) is 0 Å². The van der Waals surface area contributed by atoms with E-state index >= 15 is 0 Å². The van der Waals surface area contributed by atoms with Crippen LogP contribution in [0.25, 0.3) is 0 Å². The molecule has 200 valence electrons. The van der Waals surface area contributed by atoms with Crippen LogP contribution >= 0.6 is 0 Å². The van der Waals surface area contributed by atoms with Gasteiger partial charge in [-0.2, -0.15) is 0 Å². The molecule has 4 N–H and O–H groups in total. The van der Waals surface area contributed by atoms with Gasteiger partial charge in [-0.05, 0) is 56.8 Å².